The van der Waals surface area contributed by atoms with Crippen molar-refractivity contribution in [2.45, 2.75) is 55.4 Å². The zero-order valence-corrected chi connectivity index (χ0v) is 23.1. The molecule has 1 unspecified atom stereocenters. The number of ether oxygens (including phenoxy) is 1. The zero-order valence-electron chi connectivity index (χ0n) is 22.3. The Hall–Kier alpha value is -2.60. The first-order chi connectivity index (χ1) is 18.7. The molecule has 1 aromatic carbocycles. The minimum absolute atomic E-state index is 0.00204. The Kier molecular flexibility index (Phi) is 8.23. The van der Waals surface area contributed by atoms with Crippen molar-refractivity contribution in [1.29, 1.82) is 0 Å². The van der Waals surface area contributed by atoms with Gasteiger partial charge in [-0.3, -0.25) is 9.78 Å². The summed E-state index contributed by atoms with van der Waals surface area (Å²) in [5.74, 6) is -0.302. The second kappa shape index (κ2) is 11.5. The molecular formula is C28H37FN4O5S. The van der Waals surface area contributed by atoms with Gasteiger partial charge in [-0.25, -0.2) is 17.5 Å². The van der Waals surface area contributed by atoms with E-state index in [1.54, 1.807) is 11.0 Å². The number of halogens is 1. The van der Waals surface area contributed by atoms with Crippen molar-refractivity contribution in [2.75, 3.05) is 46.4 Å². The predicted molar refractivity (Wildman–Crippen MR) is 144 cm³/mol. The zero-order chi connectivity index (χ0) is 27.6. The Balaban J connectivity index is 1.41. The highest BCUT2D eigenvalue weighted by Crippen LogP contribution is 2.39. The number of likely N-dealkylation sites (tertiary alicyclic amines) is 1. The van der Waals surface area contributed by atoms with Crippen LogP contribution in [0.5, 0.6) is 5.75 Å². The minimum Gasteiger partial charge on any atom is -0.492 e. The van der Waals surface area contributed by atoms with Gasteiger partial charge in [0.15, 0.2) is 5.82 Å². The number of nitrogens with zero attached hydrogens (tertiary/aromatic N) is 3. The van der Waals surface area contributed by atoms with Crippen LogP contribution in [0.4, 0.5) is 4.39 Å². The van der Waals surface area contributed by atoms with E-state index in [9.17, 15) is 22.7 Å². The molecule has 1 spiro atoms. The van der Waals surface area contributed by atoms with Gasteiger partial charge in [0.1, 0.15) is 10.6 Å². The Morgan fingerprint density at radius 2 is 1.95 bits per heavy atom. The second-order valence-corrected chi connectivity index (χ2v) is 13.1. The van der Waals surface area contributed by atoms with Crippen LogP contribution in [0.15, 0.2) is 41.6 Å². The first-order valence-electron chi connectivity index (χ1n) is 13.7. The third-order valence-electron chi connectivity index (χ3n) is 8.37. The number of carbonyl (C=O) groups excluding carboxylic acids is 1. The number of aliphatic hydroxyl groups excluding tert-OH is 1. The number of rotatable bonds is 2. The van der Waals surface area contributed by atoms with Crippen LogP contribution in [0.1, 0.15) is 60.4 Å². The van der Waals surface area contributed by atoms with Gasteiger partial charge in [0.05, 0.1) is 24.5 Å². The molecule has 2 aromatic rings. The molecule has 1 amide bonds. The van der Waals surface area contributed by atoms with Gasteiger partial charge >= 0.3 is 0 Å². The molecule has 3 heterocycles. The van der Waals surface area contributed by atoms with E-state index in [1.165, 1.54) is 12.3 Å². The standard InChI is InChI=1S/C28H37FN4O5S/c1-32-17-22(34)15-31-39(36,37)26-7-6-21(20-4-2-3-5-20)14-25(26)38-19-28(18-32)9-12-33(13-10-28)27(35)23-8-11-30-16-24(23)29/h6-8,11,14,16,20,22,31,34H,2-5,9-10,12-13,15,17-19H2,1H3. The number of nitrogens with one attached hydrogen (secondary N) is 1. The molecule has 2 aliphatic heterocycles. The van der Waals surface area contributed by atoms with Gasteiger partial charge in [-0.15, -0.1) is 0 Å². The number of aliphatic hydroxyl groups is 1. The fourth-order valence-corrected chi connectivity index (χ4v) is 7.40. The van der Waals surface area contributed by atoms with Crippen molar-refractivity contribution in [3.05, 3.63) is 53.6 Å². The highest BCUT2D eigenvalue weighted by atomic mass is 32.2. The quantitative estimate of drug-likeness (QED) is 0.581. The summed E-state index contributed by atoms with van der Waals surface area (Å²) in [6.07, 6.45) is 7.22. The third-order valence-corrected chi connectivity index (χ3v) is 9.83. The van der Waals surface area contributed by atoms with E-state index >= 15 is 0 Å². The van der Waals surface area contributed by atoms with E-state index in [-0.39, 0.29) is 41.5 Å². The lowest BCUT2D eigenvalue weighted by molar-refractivity contribution is 0.0157. The van der Waals surface area contributed by atoms with Crippen molar-refractivity contribution in [3.63, 3.8) is 0 Å². The van der Waals surface area contributed by atoms with Crippen molar-refractivity contribution in [2.24, 2.45) is 5.41 Å². The molecule has 1 aliphatic carbocycles. The minimum atomic E-state index is -3.90. The molecule has 0 radical (unpaired) electrons. The summed E-state index contributed by atoms with van der Waals surface area (Å²) < 4.78 is 49.6. The Morgan fingerprint density at radius 1 is 1.21 bits per heavy atom. The number of benzene rings is 1. The van der Waals surface area contributed by atoms with Crippen LogP contribution in [0.25, 0.3) is 0 Å². The van der Waals surface area contributed by atoms with Gasteiger partial charge in [-0.1, -0.05) is 18.9 Å². The van der Waals surface area contributed by atoms with Crippen LogP contribution in [-0.2, 0) is 10.0 Å². The van der Waals surface area contributed by atoms with E-state index in [2.05, 4.69) is 9.71 Å². The van der Waals surface area contributed by atoms with E-state index in [0.29, 0.717) is 44.1 Å². The number of piperidine rings is 1. The number of aromatic nitrogens is 1. The van der Waals surface area contributed by atoms with Crippen LogP contribution in [0, 0.1) is 11.2 Å². The molecule has 39 heavy (non-hydrogen) atoms. The topological polar surface area (TPSA) is 112 Å². The number of amides is 1. The number of hydrogen-bond acceptors (Lipinski definition) is 7. The van der Waals surface area contributed by atoms with Crippen molar-refractivity contribution in [1.82, 2.24) is 19.5 Å². The van der Waals surface area contributed by atoms with Gasteiger partial charge in [-0.05, 0) is 62.4 Å². The lowest BCUT2D eigenvalue weighted by atomic mass is 9.78. The van der Waals surface area contributed by atoms with Gasteiger partial charge < -0.3 is 19.6 Å². The molecule has 3 aliphatic rings. The summed E-state index contributed by atoms with van der Waals surface area (Å²) in [5, 5.41) is 10.6. The highest BCUT2D eigenvalue weighted by Gasteiger charge is 2.39. The lowest BCUT2D eigenvalue weighted by Gasteiger charge is -2.44. The highest BCUT2D eigenvalue weighted by molar-refractivity contribution is 7.89. The van der Waals surface area contributed by atoms with Crippen LogP contribution >= 0.6 is 0 Å². The Labute approximate surface area is 229 Å². The van der Waals surface area contributed by atoms with Crippen LogP contribution in [0.2, 0.25) is 0 Å². The second-order valence-electron chi connectivity index (χ2n) is 11.3. The number of likely N-dealkylation sites (N-methyl/N-ethyl adjacent to an activating group) is 1. The summed E-state index contributed by atoms with van der Waals surface area (Å²) in [5.41, 5.74) is 0.695. The molecule has 2 N–H and O–H groups in total. The summed E-state index contributed by atoms with van der Waals surface area (Å²) in [6, 6.07) is 6.76. The van der Waals surface area contributed by atoms with E-state index in [4.69, 9.17) is 4.74 Å². The molecular weight excluding hydrogens is 523 g/mol. The summed E-state index contributed by atoms with van der Waals surface area (Å²) in [7, 11) is -2.01. The average Bonchev–Trinajstić information content (AvgIpc) is 3.46. The smallest absolute Gasteiger partial charge is 0.256 e. The third kappa shape index (κ3) is 6.26. The molecule has 11 heteroatoms. The van der Waals surface area contributed by atoms with E-state index < -0.39 is 21.9 Å². The van der Waals surface area contributed by atoms with Crippen LogP contribution in [0.3, 0.4) is 0 Å². The molecule has 5 rings (SSSR count). The van der Waals surface area contributed by atoms with Gasteiger partial charge in [-0.2, -0.15) is 0 Å². The maximum atomic E-state index is 14.2. The van der Waals surface area contributed by atoms with Gasteiger partial charge in [0.25, 0.3) is 5.91 Å². The van der Waals surface area contributed by atoms with Crippen LogP contribution in [-0.4, -0.2) is 86.7 Å². The largest absolute Gasteiger partial charge is 0.492 e. The number of fused-ring (bicyclic) bond motifs is 1. The van der Waals surface area contributed by atoms with Crippen molar-refractivity contribution in [3.8, 4) is 5.75 Å². The number of β-amino-alcohol motifs (C(OH)–C–C–N with tert-alkyl or cyclic N) is 1. The number of pyridine rings is 1. The molecule has 1 aromatic heterocycles. The first-order valence-corrected chi connectivity index (χ1v) is 15.2. The Bertz CT molecular complexity index is 1290. The maximum absolute atomic E-state index is 14.2. The SMILES string of the molecule is CN1CC(O)CNS(=O)(=O)c2ccc(C3CCCC3)cc2OCC2(CCN(C(=O)c3ccncc3F)CC2)C1. The number of sulfonamides is 1. The normalized spacial score (nSPS) is 24.4. The fourth-order valence-electron chi connectivity index (χ4n) is 6.20. The molecule has 1 saturated heterocycles. The molecule has 212 valence electrons. The molecule has 2 fully saturated rings. The molecule has 1 atom stereocenters. The maximum Gasteiger partial charge on any atom is 0.256 e. The van der Waals surface area contributed by atoms with E-state index in [1.807, 2.05) is 24.1 Å². The summed E-state index contributed by atoms with van der Waals surface area (Å²) >= 11 is 0. The summed E-state index contributed by atoms with van der Waals surface area (Å²) in [4.78, 5) is 20.4. The predicted octanol–water partition coefficient (Wildman–Crippen LogP) is 2.76. The summed E-state index contributed by atoms with van der Waals surface area (Å²) in [6.45, 7) is 1.85. The average molecular weight is 561 g/mol. The van der Waals surface area contributed by atoms with E-state index in [0.717, 1.165) is 37.4 Å². The van der Waals surface area contributed by atoms with Crippen LogP contribution < -0.4 is 9.46 Å². The van der Waals surface area contributed by atoms with Gasteiger partial charge in [0, 0.05) is 44.3 Å². The van der Waals surface area contributed by atoms with Crippen molar-refractivity contribution < 1.29 is 27.4 Å². The fraction of sp³-hybridized carbons (Fsp3) is 0.571. The first kappa shape index (κ1) is 27.9. The number of hydrogen-bond donors (Lipinski definition) is 2. The molecule has 9 nitrogen and oxygen atoms in total. The van der Waals surface area contributed by atoms with Gasteiger partial charge in [0.2, 0.25) is 10.0 Å². The Morgan fingerprint density at radius 3 is 2.67 bits per heavy atom. The van der Waals surface area contributed by atoms with Crippen molar-refractivity contribution >= 4 is 15.9 Å². The lowest BCUT2D eigenvalue weighted by Crippen LogP contribution is -2.51. The monoisotopic (exact) mass is 560 g/mol. The molecule has 1 saturated carbocycles. The number of carbonyl (C=O) groups is 1. The molecule has 0 bridgehead atoms.